The Morgan fingerprint density at radius 1 is 0.914 bits per heavy atom. The molecule has 0 radical (unpaired) electrons. The Morgan fingerprint density at radius 3 is 2.31 bits per heavy atom. The average Bonchev–Trinajstić information content (AvgIpc) is 3.27. The van der Waals surface area contributed by atoms with Gasteiger partial charge in [0.15, 0.2) is 0 Å². The van der Waals surface area contributed by atoms with E-state index in [0.717, 1.165) is 4.57 Å². The summed E-state index contributed by atoms with van der Waals surface area (Å²) in [5.74, 6) is -0.991. The maximum atomic E-state index is 13.5. The number of carbonyl (C=O) groups excluding carboxylic acids is 2. The van der Waals surface area contributed by atoms with E-state index in [1.54, 1.807) is 66.7 Å². The van der Waals surface area contributed by atoms with Gasteiger partial charge < -0.3 is 14.5 Å². The van der Waals surface area contributed by atoms with E-state index in [4.69, 9.17) is 4.42 Å². The number of furan rings is 1. The van der Waals surface area contributed by atoms with Crippen molar-refractivity contribution >= 4 is 39.6 Å². The van der Waals surface area contributed by atoms with Crippen molar-refractivity contribution in [1.82, 2.24) is 9.13 Å². The molecule has 0 unspecified atom stereocenters. The molecule has 0 bridgehead atoms. The zero-order valence-electron chi connectivity index (χ0n) is 18.6. The first-order valence-electron chi connectivity index (χ1n) is 10.7. The van der Waals surface area contributed by atoms with Crippen molar-refractivity contribution in [3.8, 4) is 5.69 Å². The SMILES string of the molecule is COC(=O)c1ccc(NC(=O)Cn2c(=O)n(-c3ccccc3)c(=O)c3oc4ccccc4c32)cc1. The predicted molar refractivity (Wildman–Crippen MR) is 130 cm³/mol. The van der Waals surface area contributed by atoms with Gasteiger partial charge >= 0.3 is 17.2 Å². The second-order valence-corrected chi connectivity index (χ2v) is 7.74. The minimum atomic E-state index is -0.670. The van der Waals surface area contributed by atoms with E-state index in [1.807, 2.05) is 0 Å². The summed E-state index contributed by atoms with van der Waals surface area (Å²) in [5, 5.41) is 3.26. The van der Waals surface area contributed by atoms with Gasteiger partial charge in [0, 0.05) is 11.1 Å². The summed E-state index contributed by atoms with van der Waals surface area (Å²) in [4.78, 5) is 51.4. The number of nitrogens with one attached hydrogen (secondary N) is 1. The van der Waals surface area contributed by atoms with Crippen molar-refractivity contribution < 1.29 is 18.7 Å². The van der Waals surface area contributed by atoms with Crippen LogP contribution >= 0.6 is 0 Å². The van der Waals surface area contributed by atoms with Crippen LogP contribution < -0.4 is 16.6 Å². The summed E-state index contributed by atoms with van der Waals surface area (Å²) in [6.45, 7) is -0.370. The van der Waals surface area contributed by atoms with E-state index in [-0.39, 0.29) is 17.6 Å². The zero-order valence-corrected chi connectivity index (χ0v) is 18.6. The number of benzene rings is 3. The summed E-state index contributed by atoms with van der Waals surface area (Å²) in [5.41, 5.74) is 0.501. The highest BCUT2D eigenvalue weighted by atomic mass is 16.5. The van der Waals surface area contributed by atoms with Crippen LogP contribution in [0.3, 0.4) is 0 Å². The van der Waals surface area contributed by atoms with Gasteiger partial charge in [0.1, 0.15) is 17.6 Å². The van der Waals surface area contributed by atoms with Gasteiger partial charge in [-0.25, -0.2) is 14.2 Å². The van der Waals surface area contributed by atoms with Crippen LogP contribution in [-0.2, 0) is 16.1 Å². The molecule has 0 saturated heterocycles. The van der Waals surface area contributed by atoms with Gasteiger partial charge in [0.25, 0.3) is 0 Å². The van der Waals surface area contributed by atoms with Gasteiger partial charge in [-0.2, -0.15) is 0 Å². The van der Waals surface area contributed by atoms with Crippen LogP contribution in [0, 0.1) is 0 Å². The van der Waals surface area contributed by atoms with E-state index in [0.29, 0.717) is 27.9 Å². The average molecular weight is 469 g/mol. The highest BCUT2D eigenvalue weighted by molar-refractivity contribution is 6.03. The van der Waals surface area contributed by atoms with Crippen molar-refractivity contribution in [2.24, 2.45) is 0 Å². The van der Waals surface area contributed by atoms with E-state index in [1.165, 1.54) is 23.8 Å². The van der Waals surface area contributed by atoms with Crippen molar-refractivity contribution in [3.05, 3.63) is 105 Å². The molecule has 9 heteroatoms. The molecule has 5 rings (SSSR count). The normalized spacial score (nSPS) is 11.0. The number of hydrogen-bond acceptors (Lipinski definition) is 6. The van der Waals surface area contributed by atoms with Gasteiger partial charge in [-0.05, 0) is 48.5 Å². The largest absolute Gasteiger partial charge is 0.465 e. The van der Waals surface area contributed by atoms with Crippen molar-refractivity contribution in [2.45, 2.75) is 6.54 Å². The van der Waals surface area contributed by atoms with Crippen LogP contribution in [0.4, 0.5) is 5.69 Å². The molecule has 1 N–H and O–H groups in total. The molecule has 2 heterocycles. The Hall–Kier alpha value is -4.92. The van der Waals surface area contributed by atoms with Gasteiger partial charge in [0.2, 0.25) is 11.5 Å². The number of rotatable bonds is 5. The number of para-hydroxylation sites is 2. The first-order valence-corrected chi connectivity index (χ1v) is 10.7. The fourth-order valence-electron chi connectivity index (χ4n) is 3.95. The summed E-state index contributed by atoms with van der Waals surface area (Å²) in [6, 6.07) is 21.5. The molecule has 9 nitrogen and oxygen atoms in total. The lowest BCUT2D eigenvalue weighted by molar-refractivity contribution is -0.116. The molecule has 0 fully saturated rings. The van der Waals surface area contributed by atoms with Crippen LogP contribution in [0.25, 0.3) is 27.8 Å². The predicted octanol–water partition coefficient (Wildman–Crippen LogP) is 3.32. The number of methoxy groups -OCH3 is 1. The smallest absolute Gasteiger partial charge is 0.337 e. The summed E-state index contributed by atoms with van der Waals surface area (Å²) in [6.07, 6.45) is 0. The first kappa shape index (κ1) is 21.9. The second kappa shape index (κ2) is 8.79. The molecule has 0 spiro atoms. The fourth-order valence-corrected chi connectivity index (χ4v) is 3.95. The number of hydrogen-bond donors (Lipinski definition) is 1. The molecule has 174 valence electrons. The molecule has 0 atom stereocenters. The molecule has 3 aromatic carbocycles. The molecule has 0 aliphatic carbocycles. The molecule has 5 aromatic rings. The summed E-state index contributed by atoms with van der Waals surface area (Å²) in [7, 11) is 1.28. The Bertz CT molecular complexity index is 1700. The lowest BCUT2D eigenvalue weighted by Crippen LogP contribution is -2.40. The van der Waals surface area contributed by atoms with Crippen LogP contribution in [0.15, 0.2) is 92.9 Å². The molecular weight excluding hydrogens is 450 g/mol. The maximum Gasteiger partial charge on any atom is 0.337 e. The first-order chi connectivity index (χ1) is 17.0. The van der Waals surface area contributed by atoms with Crippen LogP contribution in [0.1, 0.15) is 10.4 Å². The Kier molecular flexibility index (Phi) is 5.50. The van der Waals surface area contributed by atoms with E-state index in [2.05, 4.69) is 10.1 Å². The fraction of sp³-hybridized carbons (Fsp3) is 0.0769. The number of nitrogens with zero attached hydrogens (tertiary/aromatic N) is 2. The third kappa shape index (κ3) is 3.89. The van der Waals surface area contributed by atoms with Gasteiger partial charge in [-0.1, -0.05) is 30.3 Å². The number of aromatic nitrogens is 2. The lowest BCUT2D eigenvalue weighted by atomic mass is 10.2. The molecule has 35 heavy (non-hydrogen) atoms. The number of ether oxygens (including phenoxy) is 1. The molecule has 0 saturated carbocycles. The van der Waals surface area contributed by atoms with Crippen molar-refractivity contribution in [1.29, 1.82) is 0 Å². The minimum absolute atomic E-state index is 0.0233. The third-order valence-corrected chi connectivity index (χ3v) is 5.56. The number of fused-ring (bicyclic) bond motifs is 3. The van der Waals surface area contributed by atoms with Crippen molar-refractivity contribution in [2.75, 3.05) is 12.4 Å². The minimum Gasteiger partial charge on any atom is -0.465 e. The monoisotopic (exact) mass is 469 g/mol. The standard InChI is InChI=1S/C26H19N3O6/c1-34-25(32)16-11-13-17(14-12-16)27-21(30)15-28-22-19-9-5-6-10-20(19)35-23(22)24(31)29(26(28)33)18-7-3-2-4-8-18/h2-14H,15H2,1H3,(H,27,30). The molecule has 0 aliphatic rings. The van der Waals surface area contributed by atoms with Crippen molar-refractivity contribution in [3.63, 3.8) is 0 Å². The van der Waals surface area contributed by atoms with Gasteiger partial charge in [-0.3, -0.25) is 14.2 Å². The lowest BCUT2D eigenvalue weighted by Gasteiger charge is -2.12. The van der Waals surface area contributed by atoms with Gasteiger partial charge in [-0.15, -0.1) is 0 Å². The summed E-state index contributed by atoms with van der Waals surface area (Å²) < 4.78 is 12.7. The molecular formula is C26H19N3O6. The molecule has 2 aromatic heterocycles. The summed E-state index contributed by atoms with van der Waals surface area (Å²) >= 11 is 0. The topological polar surface area (TPSA) is 113 Å². The molecule has 1 amide bonds. The Balaban J connectivity index is 1.61. The van der Waals surface area contributed by atoms with Crippen LogP contribution in [-0.4, -0.2) is 28.1 Å². The Labute approximate surface area is 197 Å². The number of esters is 1. The van der Waals surface area contributed by atoms with E-state index in [9.17, 15) is 19.2 Å². The highest BCUT2D eigenvalue weighted by Gasteiger charge is 2.22. The third-order valence-electron chi connectivity index (χ3n) is 5.56. The number of carbonyl (C=O) groups is 2. The van der Waals surface area contributed by atoms with E-state index < -0.39 is 23.1 Å². The maximum absolute atomic E-state index is 13.5. The highest BCUT2D eigenvalue weighted by Crippen LogP contribution is 2.26. The quantitative estimate of drug-likeness (QED) is 0.395. The zero-order chi connectivity index (χ0) is 24.5. The number of anilines is 1. The van der Waals surface area contributed by atoms with E-state index >= 15 is 0 Å². The second-order valence-electron chi connectivity index (χ2n) is 7.74. The Morgan fingerprint density at radius 2 is 1.60 bits per heavy atom. The van der Waals surface area contributed by atoms with Crippen LogP contribution in [0.5, 0.6) is 0 Å². The number of amides is 1. The van der Waals surface area contributed by atoms with Crippen LogP contribution in [0.2, 0.25) is 0 Å². The van der Waals surface area contributed by atoms with Gasteiger partial charge in [0.05, 0.1) is 18.4 Å². The molecule has 0 aliphatic heterocycles.